The first-order valence-electron chi connectivity index (χ1n) is 6.03. The number of halogens is 1. The Morgan fingerprint density at radius 1 is 1.42 bits per heavy atom. The molecule has 19 heavy (non-hydrogen) atoms. The molecule has 100 valence electrons. The highest BCUT2D eigenvalue weighted by atomic mass is 35.5. The van der Waals surface area contributed by atoms with Gasteiger partial charge in [0.05, 0.1) is 0 Å². The van der Waals surface area contributed by atoms with Gasteiger partial charge in [0.2, 0.25) is 0 Å². The van der Waals surface area contributed by atoms with Crippen molar-refractivity contribution in [1.82, 2.24) is 10.5 Å². The molecule has 0 fully saturated rings. The van der Waals surface area contributed by atoms with Crippen molar-refractivity contribution in [3.63, 3.8) is 0 Å². The Morgan fingerprint density at radius 3 is 2.84 bits per heavy atom. The average molecular weight is 279 g/mol. The maximum atomic E-state index is 11.9. The molecule has 2 aromatic rings. The van der Waals surface area contributed by atoms with Crippen LogP contribution >= 0.6 is 11.6 Å². The van der Waals surface area contributed by atoms with Gasteiger partial charge in [-0.1, -0.05) is 28.9 Å². The van der Waals surface area contributed by atoms with E-state index in [1.807, 2.05) is 31.2 Å². The molecule has 0 saturated heterocycles. The number of rotatable bonds is 4. The van der Waals surface area contributed by atoms with Crippen molar-refractivity contribution in [3.8, 4) is 0 Å². The molecule has 1 N–H and O–H groups in total. The SMILES string of the molecule is Cc1onc(C(=O)NCCc2cccc(Cl)c2)c1C. The van der Waals surface area contributed by atoms with Gasteiger partial charge in [0.25, 0.3) is 5.91 Å². The number of carbonyl (C=O) groups is 1. The van der Waals surface area contributed by atoms with Crippen molar-refractivity contribution in [2.24, 2.45) is 0 Å². The van der Waals surface area contributed by atoms with Crippen molar-refractivity contribution >= 4 is 17.5 Å². The molecule has 5 heteroatoms. The fourth-order valence-corrected chi connectivity index (χ4v) is 1.94. The van der Waals surface area contributed by atoms with Crippen LogP contribution in [0, 0.1) is 13.8 Å². The summed E-state index contributed by atoms with van der Waals surface area (Å²) in [5, 5.41) is 7.26. The van der Waals surface area contributed by atoms with Gasteiger partial charge in [-0.05, 0) is 38.0 Å². The van der Waals surface area contributed by atoms with E-state index in [9.17, 15) is 4.79 Å². The monoisotopic (exact) mass is 278 g/mol. The van der Waals surface area contributed by atoms with Gasteiger partial charge in [-0.3, -0.25) is 4.79 Å². The van der Waals surface area contributed by atoms with E-state index >= 15 is 0 Å². The topological polar surface area (TPSA) is 55.1 Å². The van der Waals surface area contributed by atoms with E-state index in [1.165, 1.54) is 0 Å². The number of nitrogens with one attached hydrogen (secondary N) is 1. The highest BCUT2D eigenvalue weighted by Crippen LogP contribution is 2.12. The first-order valence-corrected chi connectivity index (χ1v) is 6.41. The van der Waals surface area contributed by atoms with Crippen molar-refractivity contribution in [1.29, 1.82) is 0 Å². The summed E-state index contributed by atoms with van der Waals surface area (Å²) in [7, 11) is 0. The zero-order chi connectivity index (χ0) is 13.8. The third-order valence-electron chi connectivity index (χ3n) is 2.96. The lowest BCUT2D eigenvalue weighted by Gasteiger charge is -2.04. The minimum atomic E-state index is -0.212. The summed E-state index contributed by atoms with van der Waals surface area (Å²) in [4.78, 5) is 11.9. The molecule has 4 nitrogen and oxygen atoms in total. The van der Waals surface area contributed by atoms with Gasteiger partial charge in [0.1, 0.15) is 5.76 Å². The number of amides is 1. The molecule has 0 radical (unpaired) electrons. The van der Waals surface area contributed by atoms with Crippen LogP contribution in [0.4, 0.5) is 0 Å². The molecule has 0 aliphatic rings. The van der Waals surface area contributed by atoms with Crippen molar-refractivity contribution in [2.45, 2.75) is 20.3 Å². The molecule has 1 aromatic carbocycles. The Balaban J connectivity index is 1.89. The zero-order valence-corrected chi connectivity index (χ0v) is 11.6. The number of hydrogen-bond acceptors (Lipinski definition) is 3. The molecular weight excluding hydrogens is 264 g/mol. The molecule has 0 saturated carbocycles. The van der Waals surface area contributed by atoms with E-state index in [0.717, 1.165) is 17.5 Å². The third kappa shape index (κ3) is 3.35. The second-order valence-corrected chi connectivity index (χ2v) is 4.78. The van der Waals surface area contributed by atoms with Gasteiger partial charge < -0.3 is 9.84 Å². The number of aromatic nitrogens is 1. The van der Waals surface area contributed by atoms with E-state index in [-0.39, 0.29) is 5.91 Å². The van der Waals surface area contributed by atoms with E-state index in [2.05, 4.69) is 10.5 Å². The summed E-state index contributed by atoms with van der Waals surface area (Å²) < 4.78 is 4.97. The average Bonchev–Trinajstić information content (AvgIpc) is 2.70. The third-order valence-corrected chi connectivity index (χ3v) is 3.20. The second-order valence-electron chi connectivity index (χ2n) is 4.35. The molecule has 2 rings (SSSR count). The number of hydrogen-bond donors (Lipinski definition) is 1. The molecule has 1 heterocycles. The number of carbonyl (C=O) groups excluding carboxylic acids is 1. The van der Waals surface area contributed by atoms with Crippen LogP contribution in [0.5, 0.6) is 0 Å². The van der Waals surface area contributed by atoms with Crippen LogP contribution in [-0.2, 0) is 6.42 Å². The molecule has 0 aliphatic carbocycles. The largest absolute Gasteiger partial charge is 0.361 e. The van der Waals surface area contributed by atoms with Crippen LogP contribution in [0.2, 0.25) is 5.02 Å². The van der Waals surface area contributed by atoms with E-state index in [1.54, 1.807) is 6.92 Å². The van der Waals surface area contributed by atoms with Crippen LogP contribution in [0.3, 0.4) is 0 Å². The molecular formula is C14H15ClN2O2. The summed E-state index contributed by atoms with van der Waals surface area (Å²) in [6.07, 6.45) is 0.724. The highest BCUT2D eigenvalue weighted by Gasteiger charge is 2.15. The summed E-state index contributed by atoms with van der Waals surface area (Å²) in [6.45, 7) is 4.13. The number of nitrogens with zero attached hydrogens (tertiary/aromatic N) is 1. The molecule has 0 atom stereocenters. The lowest BCUT2D eigenvalue weighted by molar-refractivity contribution is 0.0944. The first kappa shape index (κ1) is 13.6. The number of aryl methyl sites for hydroxylation is 1. The smallest absolute Gasteiger partial charge is 0.273 e. The predicted molar refractivity (Wildman–Crippen MR) is 73.5 cm³/mol. The Kier molecular flexibility index (Phi) is 4.22. The maximum absolute atomic E-state index is 11.9. The van der Waals surface area contributed by atoms with Crippen molar-refractivity contribution in [3.05, 3.63) is 51.9 Å². The van der Waals surface area contributed by atoms with Crippen LogP contribution in [-0.4, -0.2) is 17.6 Å². The first-order chi connectivity index (χ1) is 9.08. The van der Waals surface area contributed by atoms with Crippen LogP contribution in [0.1, 0.15) is 27.4 Å². The quantitative estimate of drug-likeness (QED) is 0.935. The van der Waals surface area contributed by atoms with E-state index in [0.29, 0.717) is 23.0 Å². The predicted octanol–water partition coefficient (Wildman–Crippen LogP) is 2.92. The van der Waals surface area contributed by atoms with Crippen LogP contribution in [0.25, 0.3) is 0 Å². The van der Waals surface area contributed by atoms with Gasteiger partial charge in [-0.25, -0.2) is 0 Å². The molecule has 1 aromatic heterocycles. The van der Waals surface area contributed by atoms with Gasteiger partial charge >= 0.3 is 0 Å². The fraction of sp³-hybridized carbons (Fsp3) is 0.286. The fourth-order valence-electron chi connectivity index (χ4n) is 1.73. The lowest BCUT2D eigenvalue weighted by Crippen LogP contribution is -2.26. The Morgan fingerprint density at radius 2 is 2.21 bits per heavy atom. The van der Waals surface area contributed by atoms with Crippen molar-refractivity contribution in [2.75, 3.05) is 6.54 Å². The van der Waals surface area contributed by atoms with Gasteiger partial charge in [-0.2, -0.15) is 0 Å². The lowest BCUT2D eigenvalue weighted by atomic mass is 10.1. The maximum Gasteiger partial charge on any atom is 0.273 e. The summed E-state index contributed by atoms with van der Waals surface area (Å²) >= 11 is 5.90. The Labute approximate surface area is 116 Å². The van der Waals surface area contributed by atoms with E-state index < -0.39 is 0 Å². The molecule has 0 aliphatic heterocycles. The molecule has 0 bridgehead atoms. The van der Waals surface area contributed by atoms with Crippen LogP contribution in [0.15, 0.2) is 28.8 Å². The zero-order valence-electron chi connectivity index (χ0n) is 10.9. The normalized spacial score (nSPS) is 10.5. The van der Waals surface area contributed by atoms with Gasteiger partial charge in [-0.15, -0.1) is 0 Å². The van der Waals surface area contributed by atoms with Gasteiger partial charge in [0, 0.05) is 17.1 Å². The van der Waals surface area contributed by atoms with Crippen molar-refractivity contribution < 1.29 is 9.32 Å². The molecule has 1 amide bonds. The molecule has 0 unspecified atom stereocenters. The summed E-state index contributed by atoms with van der Waals surface area (Å²) in [6, 6.07) is 7.58. The van der Waals surface area contributed by atoms with Gasteiger partial charge in [0.15, 0.2) is 5.69 Å². The number of benzene rings is 1. The summed E-state index contributed by atoms with van der Waals surface area (Å²) in [5.74, 6) is 0.455. The van der Waals surface area contributed by atoms with E-state index in [4.69, 9.17) is 16.1 Å². The van der Waals surface area contributed by atoms with Crippen LogP contribution < -0.4 is 5.32 Å². The highest BCUT2D eigenvalue weighted by molar-refractivity contribution is 6.30. The standard InChI is InChI=1S/C14H15ClN2O2/c1-9-10(2)19-17-13(9)14(18)16-7-6-11-4-3-5-12(15)8-11/h3-5,8H,6-7H2,1-2H3,(H,16,18). The second kappa shape index (κ2) is 5.89. The Hall–Kier alpha value is -1.81. The minimum Gasteiger partial charge on any atom is -0.361 e. The summed E-state index contributed by atoms with van der Waals surface area (Å²) in [5.41, 5.74) is 2.21. The molecule has 0 spiro atoms. The Bertz CT molecular complexity index is 593. The minimum absolute atomic E-state index is 0.212.